The molecule has 6 nitrogen and oxygen atoms in total. The molecule has 1 fully saturated rings. The van der Waals surface area contributed by atoms with Gasteiger partial charge in [0.05, 0.1) is 6.54 Å². The van der Waals surface area contributed by atoms with Crippen molar-refractivity contribution < 1.29 is 14.3 Å². The zero-order valence-electron chi connectivity index (χ0n) is 12.7. The molecular formula is C15H20BN3O3. The van der Waals surface area contributed by atoms with E-state index >= 15 is 0 Å². The Balaban J connectivity index is 1.84. The fourth-order valence-corrected chi connectivity index (χ4v) is 3.04. The van der Waals surface area contributed by atoms with Crippen LogP contribution in [0.2, 0.25) is 0 Å². The van der Waals surface area contributed by atoms with E-state index in [-0.39, 0.29) is 18.0 Å². The van der Waals surface area contributed by atoms with Crippen molar-refractivity contribution in [2.45, 2.75) is 25.5 Å². The lowest BCUT2D eigenvalue weighted by molar-refractivity contribution is 0.145. The van der Waals surface area contributed by atoms with Gasteiger partial charge in [-0.1, -0.05) is 6.07 Å². The normalized spacial score (nSPS) is 21.3. The molecule has 0 saturated carbocycles. The Morgan fingerprint density at radius 3 is 2.91 bits per heavy atom. The first-order valence-electron chi connectivity index (χ1n) is 7.64. The van der Waals surface area contributed by atoms with Gasteiger partial charge in [-0.2, -0.15) is 0 Å². The summed E-state index contributed by atoms with van der Waals surface area (Å²) in [6, 6.07) is 5.97. The molecule has 1 aromatic carbocycles. The van der Waals surface area contributed by atoms with Gasteiger partial charge in [0.25, 0.3) is 0 Å². The van der Waals surface area contributed by atoms with Gasteiger partial charge in [0.2, 0.25) is 7.85 Å². The lowest BCUT2D eigenvalue weighted by atomic mass is 10.0. The molecule has 1 aromatic rings. The average molecular weight is 301 g/mol. The quantitative estimate of drug-likeness (QED) is 0.806. The van der Waals surface area contributed by atoms with E-state index in [9.17, 15) is 9.59 Å². The molecule has 2 aliphatic heterocycles. The minimum absolute atomic E-state index is 0.103. The number of rotatable bonds is 2. The summed E-state index contributed by atoms with van der Waals surface area (Å²) in [5.41, 5.74) is 8.77. The van der Waals surface area contributed by atoms with E-state index in [0.717, 1.165) is 30.6 Å². The highest BCUT2D eigenvalue weighted by molar-refractivity contribution is 6.56. The molecular weight excluding hydrogens is 281 g/mol. The zero-order chi connectivity index (χ0) is 15.7. The third-order valence-electron chi connectivity index (χ3n) is 4.32. The number of hydrogen-bond acceptors (Lipinski definition) is 4. The van der Waals surface area contributed by atoms with Crippen LogP contribution < -0.4 is 10.6 Å². The van der Waals surface area contributed by atoms with Gasteiger partial charge in [0, 0.05) is 25.3 Å². The van der Waals surface area contributed by atoms with E-state index in [1.165, 1.54) is 5.56 Å². The minimum Gasteiger partial charge on any atom is -0.443 e. The largest absolute Gasteiger partial charge is 0.443 e. The molecule has 2 N–H and O–H groups in total. The lowest BCUT2D eigenvalue weighted by Crippen LogP contribution is -2.29. The van der Waals surface area contributed by atoms with E-state index in [1.807, 2.05) is 23.1 Å². The summed E-state index contributed by atoms with van der Waals surface area (Å²) in [4.78, 5) is 27.0. The highest BCUT2D eigenvalue weighted by atomic mass is 16.6. The number of carbonyl (C=O) groups excluding carboxylic acids is 2. The molecule has 2 amide bonds. The number of nitrogens with zero attached hydrogens (tertiary/aromatic N) is 2. The predicted octanol–water partition coefficient (Wildman–Crippen LogP) is 0.472. The summed E-state index contributed by atoms with van der Waals surface area (Å²) < 4.78 is 5.20. The molecule has 2 heterocycles. The van der Waals surface area contributed by atoms with E-state index in [2.05, 4.69) is 0 Å². The summed E-state index contributed by atoms with van der Waals surface area (Å²) >= 11 is 0. The van der Waals surface area contributed by atoms with Crippen molar-refractivity contribution in [2.75, 3.05) is 24.5 Å². The Morgan fingerprint density at radius 1 is 1.41 bits per heavy atom. The van der Waals surface area contributed by atoms with Crippen molar-refractivity contribution in [1.29, 1.82) is 0 Å². The molecule has 116 valence electrons. The molecule has 0 bridgehead atoms. The van der Waals surface area contributed by atoms with Gasteiger partial charge in [-0.25, -0.2) is 4.79 Å². The number of fused-ring (bicyclic) bond motifs is 1. The monoisotopic (exact) mass is 301 g/mol. The highest BCUT2D eigenvalue weighted by Crippen LogP contribution is 2.27. The molecule has 0 radical (unpaired) electrons. The summed E-state index contributed by atoms with van der Waals surface area (Å²) in [5, 5.41) is 0. The summed E-state index contributed by atoms with van der Waals surface area (Å²) in [6.07, 6.45) is 1.27. The topological polar surface area (TPSA) is 75.9 Å². The van der Waals surface area contributed by atoms with Crippen LogP contribution in [0.25, 0.3) is 0 Å². The second kappa shape index (κ2) is 6.00. The van der Waals surface area contributed by atoms with Gasteiger partial charge in [-0.3, -0.25) is 9.69 Å². The van der Waals surface area contributed by atoms with Gasteiger partial charge in [-0.15, -0.1) is 0 Å². The molecule has 7 heteroatoms. The van der Waals surface area contributed by atoms with E-state index in [4.69, 9.17) is 10.5 Å². The number of aryl methyl sites for hydroxylation is 1. The third-order valence-corrected chi connectivity index (χ3v) is 4.32. The number of benzene rings is 1. The van der Waals surface area contributed by atoms with Crippen LogP contribution in [0.3, 0.4) is 0 Å². The zero-order valence-corrected chi connectivity index (χ0v) is 12.7. The molecule has 22 heavy (non-hydrogen) atoms. The molecule has 1 atom stereocenters. The smallest absolute Gasteiger partial charge is 0.414 e. The lowest BCUT2D eigenvalue weighted by Gasteiger charge is -2.20. The summed E-state index contributed by atoms with van der Waals surface area (Å²) in [5.74, 6) is 0.103. The van der Waals surface area contributed by atoms with Gasteiger partial charge >= 0.3 is 6.09 Å². The van der Waals surface area contributed by atoms with Crippen molar-refractivity contribution in [1.82, 2.24) is 4.90 Å². The molecule has 0 spiro atoms. The fraction of sp³-hybridized carbons (Fsp3) is 0.467. The molecule has 0 aliphatic carbocycles. The Hall–Kier alpha value is -2.02. The first kappa shape index (κ1) is 14.9. The molecule has 3 rings (SSSR count). The van der Waals surface area contributed by atoms with Crippen molar-refractivity contribution in [2.24, 2.45) is 5.73 Å². The minimum atomic E-state index is -0.339. The van der Waals surface area contributed by atoms with Crippen LogP contribution in [0, 0.1) is 0 Å². The maximum absolute atomic E-state index is 11.9. The van der Waals surface area contributed by atoms with Gasteiger partial charge in [0.1, 0.15) is 6.10 Å². The molecule has 0 aromatic heterocycles. The number of hydrogen-bond donors (Lipinski definition) is 1. The van der Waals surface area contributed by atoms with Crippen LogP contribution in [0.1, 0.15) is 17.5 Å². The summed E-state index contributed by atoms with van der Waals surface area (Å²) in [7, 11) is 1.60. The van der Waals surface area contributed by atoms with Crippen molar-refractivity contribution in [3.63, 3.8) is 0 Å². The van der Waals surface area contributed by atoms with Crippen LogP contribution in [0.15, 0.2) is 18.2 Å². The third kappa shape index (κ3) is 2.81. The second-order valence-electron chi connectivity index (χ2n) is 5.85. The van der Waals surface area contributed by atoms with Crippen LogP contribution in [-0.4, -0.2) is 50.4 Å². The number of cyclic esters (lactones) is 1. The van der Waals surface area contributed by atoms with Gasteiger partial charge < -0.3 is 15.4 Å². The van der Waals surface area contributed by atoms with Crippen molar-refractivity contribution in [3.05, 3.63) is 29.3 Å². The van der Waals surface area contributed by atoms with Crippen LogP contribution in [0.5, 0.6) is 0 Å². The number of nitrogens with two attached hydrogens (primary N) is 1. The number of anilines is 1. The number of carbonyl (C=O) groups is 2. The first-order valence-corrected chi connectivity index (χ1v) is 7.64. The molecule has 1 saturated heterocycles. The fourth-order valence-electron chi connectivity index (χ4n) is 3.04. The first-order chi connectivity index (χ1) is 10.6. The Kier molecular flexibility index (Phi) is 4.07. The Labute approximate surface area is 130 Å². The van der Waals surface area contributed by atoms with Gasteiger partial charge in [-0.05, 0) is 36.1 Å². The van der Waals surface area contributed by atoms with Crippen LogP contribution in [-0.2, 0) is 17.7 Å². The average Bonchev–Trinajstić information content (AvgIpc) is 2.75. The maximum Gasteiger partial charge on any atom is 0.414 e. The van der Waals surface area contributed by atoms with Crippen molar-refractivity contribution in [3.8, 4) is 0 Å². The van der Waals surface area contributed by atoms with E-state index in [0.29, 0.717) is 19.6 Å². The van der Waals surface area contributed by atoms with E-state index < -0.39 is 0 Å². The second-order valence-corrected chi connectivity index (χ2v) is 5.85. The van der Waals surface area contributed by atoms with Crippen molar-refractivity contribution >= 4 is 25.4 Å². The molecule has 2 aliphatic rings. The molecule has 0 unspecified atom stereocenters. The Bertz CT molecular complexity index is 608. The van der Waals surface area contributed by atoms with Crippen LogP contribution >= 0.6 is 0 Å². The van der Waals surface area contributed by atoms with Crippen LogP contribution in [0.4, 0.5) is 15.3 Å². The summed E-state index contributed by atoms with van der Waals surface area (Å²) in [6.45, 7) is 2.25. The highest BCUT2D eigenvalue weighted by Gasteiger charge is 2.31. The maximum atomic E-state index is 11.9. The standard InChI is InChI=1S/C15H20BN3O3/c16-14(20)18-5-1-2-10-6-12(4-3-11(10)8-18)19-9-13(7-17)22-15(19)21/h3-4,6,13H,1-2,5,7-9,16-17H2/t13-/m0/s1. The number of ether oxygens (including phenoxy) is 1. The number of amides is 2. The van der Waals surface area contributed by atoms with Gasteiger partial charge in [0.15, 0.2) is 5.81 Å². The van der Waals surface area contributed by atoms with E-state index in [1.54, 1.807) is 12.7 Å². The SMILES string of the molecule is BC(=O)N1CCCc2cc(N3C[C@H](CN)OC3=O)ccc2C1. The Morgan fingerprint density at radius 2 is 2.23 bits per heavy atom. The predicted molar refractivity (Wildman–Crippen MR) is 85.8 cm³/mol.